The third-order valence-electron chi connectivity index (χ3n) is 2.57. The van der Waals surface area contributed by atoms with Gasteiger partial charge in [-0.3, -0.25) is 0 Å². The first-order chi connectivity index (χ1) is 8.00. The summed E-state index contributed by atoms with van der Waals surface area (Å²) in [5.41, 5.74) is 5.99. The lowest BCUT2D eigenvalue weighted by atomic mass is 10.1. The monoisotopic (exact) mass is 319 g/mol. The van der Waals surface area contributed by atoms with Crippen molar-refractivity contribution >= 4 is 27.3 Å². The van der Waals surface area contributed by atoms with Gasteiger partial charge in [-0.05, 0) is 47.7 Å². The molecule has 1 aromatic heterocycles. The van der Waals surface area contributed by atoms with E-state index in [0.29, 0.717) is 0 Å². The van der Waals surface area contributed by atoms with Crippen molar-refractivity contribution in [3.05, 3.63) is 20.8 Å². The van der Waals surface area contributed by atoms with Crippen LogP contribution >= 0.6 is 27.3 Å². The van der Waals surface area contributed by atoms with E-state index in [0.717, 1.165) is 23.4 Å². The molecular formula is C13H22BrNOS. The molecule has 17 heavy (non-hydrogen) atoms. The maximum atomic E-state index is 5.99. The van der Waals surface area contributed by atoms with E-state index in [-0.39, 0.29) is 12.1 Å². The van der Waals surface area contributed by atoms with Crippen LogP contribution in [-0.4, -0.2) is 12.6 Å². The summed E-state index contributed by atoms with van der Waals surface area (Å²) in [6.45, 7) is 7.26. The largest absolute Gasteiger partial charge is 0.371 e. The molecule has 0 spiro atoms. The zero-order chi connectivity index (χ0) is 12.8. The van der Waals surface area contributed by atoms with Crippen molar-refractivity contribution < 1.29 is 4.74 Å². The molecule has 2 nitrogen and oxygen atoms in total. The molecular weight excluding hydrogens is 298 g/mol. The molecule has 2 unspecified atom stereocenters. The average molecular weight is 320 g/mol. The second-order valence-electron chi connectivity index (χ2n) is 4.85. The van der Waals surface area contributed by atoms with Crippen LogP contribution in [0.1, 0.15) is 44.6 Å². The molecule has 0 aliphatic heterocycles. The average Bonchev–Trinajstić information content (AvgIpc) is 2.63. The molecule has 1 aromatic rings. The molecule has 0 aromatic carbocycles. The molecule has 0 aliphatic carbocycles. The number of hydrogen-bond acceptors (Lipinski definition) is 3. The van der Waals surface area contributed by atoms with E-state index in [4.69, 9.17) is 10.5 Å². The first-order valence-corrected chi connectivity index (χ1v) is 7.79. The van der Waals surface area contributed by atoms with Crippen LogP contribution < -0.4 is 5.73 Å². The summed E-state index contributed by atoms with van der Waals surface area (Å²) in [5.74, 6) is 0.739. The molecule has 2 N–H and O–H groups in total. The van der Waals surface area contributed by atoms with Crippen LogP contribution in [0.5, 0.6) is 0 Å². The predicted octanol–water partition coefficient (Wildman–Crippen LogP) is 4.35. The van der Waals surface area contributed by atoms with Crippen LogP contribution in [0.15, 0.2) is 15.9 Å². The molecule has 1 heterocycles. The van der Waals surface area contributed by atoms with E-state index in [2.05, 4.69) is 41.2 Å². The molecule has 0 saturated carbocycles. The Kier molecular flexibility index (Phi) is 6.70. The Balaban J connectivity index is 2.44. The van der Waals surface area contributed by atoms with Gasteiger partial charge in [-0.2, -0.15) is 0 Å². The predicted molar refractivity (Wildman–Crippen MR) is 78.4 cm³/mol. The van der Waals surface area contributed by atoms with Gasteiger partial charge in [0.2, 0.25) is 0 Å². The molecule has 0 radical (unpaired) electrons. The van der Waals surface area contributed by atoms with Gasteiger partial charge < -0.3 is 10.5 Å². The smallest absolute Gasteiger partial charge is 0.106 e. The molecule has 2 atom stereocenters. The van der Waals surface area contributed by atoms with Crippen molar-refractivity contribution in [1.82, 2.24) is 0 Å². The topological polar surface area (TPSA) is 35.2 Å². The van der Waals surface area contributed by atoms with Gasteiger partial charge in [0.15, 0.2) is 0 Å². The fourth-order valence-electron chi connectivity index (χ4n) is 1.67. The van der Waals surface area contributed by atoms with Crippen LogP contribution in [0.4, 0.5) is 0 Å². The lowest BCUT2D eigenvalue weighted by Crippen LogP contribution is -2.26. The highest BCUT2D eigenvalue weighted by Gasteiger charge is 2.18. The SMILES string of the molecule is CC(C)CCCOC(c1cc(Br)cs1)C(C)N. The number of rotatable bonds is 7. The van der Waals surface area contributed by atoms with Gasteiger partial charge in [-0.1, -0.05) is 13.8 Å². The minimum Gasteiger partial charge on any atom is -0.371 e. The normalized spacial score (nSPS) is 15.2. The van der Waals surface area contributed by atoms with Crippen LogP contribution in [0, 0.1) is 5.92 Å². The zero-order valence-corrected chi connectivity index (χ0v) is 13.2. The summed E-state index contributed by atoms with van der Waals surface area (Å²) in [6, 6.07) is 2.13. The first-order valence-electron chi connectivity index (χ1n) is 6.11. The van der Waals surface area contributed by atoms with Crippen LogP contribution in [0.25, 0.3) is 0 Å². The summed E-state index contributed by atoms with van der Waals surface area (Å²) >= 11 is 5.16. The van der Waals surface area contributed by atoms with E-state index >= 15 is 0 Å². The Morgan fingerprint density at radius 1 is 1.41 bits per heavy atom. The molecule has 0 saturated heterocycles. The van der Waals surface area contributed by atoms with Crippen molar-refractivity contribution in [3.8, 4) is 0 Å². The van der Waals surface area contributed by atoms with E-state index < -0.39 is 0 Å². The van der Waals surface area contributed by atoms with Gasteiger partial charge in [-0.25, -0.2) is 0 Å². The van der Waals surface area contributed by atoms with E-state index in [1.54, 1.807) is 11.3 Å². The maximum Gasteiger partial charge on any atom is 0.106 e. The Bertz CT molecular complexity index is 325. The van der Waals surface area contributed by atoms with E-state index in [1.165, 1.54) is 11.3 Å². The summed E-state index contributed by atoms with van der Waals surface area (Å²) in [5, 5.41) is 2.07. The minimum atomic E-state index is 0.0264. The highest BCUT2D eigenvalue weighted by molar-refractivity contribution is 9.10. The van der Waals surface area contributed by atoms with Gasteiger partial charge in [0, 0.05) is 27.4 Å². The Labute approximate surface area is 117 Å². The van der Waals surface area contributed by atoms with E-state index in [9.17, 15) is 0 Å². The number of thiophene rings is 1. The number of ether oxygens (including phenoxy) is 1. The molecule has 0 fully saturated rings. The van der Waals surface area contributed by atoms with Crippen LogP contribution in [0.2, 0.25) is 0 Å². The quantitative estimate of drug-likeness (QED) is 0.758. The zero-order valence-electron chi connectivity index (χ0n) is 10.8. The Morgan fingerprint density at radius 3 is 2.59 bits per heavy atom. The second kappa shape index (κ2) is 7.52. The first kappa shape index (κ1) is 15.2. The molecule has 0 bridgehead atoms. The van der Waals surface area contributed by atoms with Gasteiger partial charge >= 0.3 is 0 Å². The third-order valence-corrected chi connectivity index (χ3v) is 4.32. The lowest BCUT2D eigenvalue weighted by molar-refractivity contribution is 0.0371. The molecule has 0 amide bonds. The number of nitrogens with two attached hydrogens (primary N) is 1. The van der Waals surface area contributed by atoms with Crippen LogP contribution in [0.3, 0.4) is 0 Å². The minimum absolute atomic E-state index is 0.0264. The van der Waals surface area contributed by atoms with Crippen molar-refractivity contribution in [3.63, 3.8) is 0 Å². The van der Waals surface area contributed by atoms with Gasteiger partial charge in [0.25, 0.3) is 0 Å². The summed E-state index contributed by atoms with van der Waals surface area (Å²) in [6.07, 6.45) is 2.34. The highest BCUT2D eigenvalue weighted by atomic mass is 79.9. The van der Waals surface area contributed by atoms with Crippen molar-refractivity contribution in [2.75, 3.05) is 6.61 Å². The van der Waals surface area contributed by atoms with Gasteiger partial charge in [-0.15, -0.1) is 11.3 Å². The summed E-state index contributed by atoms with van der Waals surface area (Å²) < 4.78 is 7.02. The van der Waals surface area contributed by atoms with Gasteiger partial charge in [0.05, 0.1) is 0 Å². The molecule has 0 aliphatic rings. The number of halogens is 1. The Morgan fingerprint density at radius 2 is 2.12 bits per heavy atom. The summed E-state index contributed by atoms with van der Waals surface area (Å²) in [4.78, 5) is 1.21. The van der Waals surface area contributed by atoms with E-state index in [1.807, 2.05) is 6.92 Å². The highest BCUT2D eigenvalue weighted by Crippen LogP contribution is 2.29. The van der Waals surface area contributed by atoms with Crippen molar-refractivity contribution in [2.45, 2.75) is 45.8 Å². The lowest BCUT2D eigenvalue weighted by Gasteiger charge is -2.20. The maximum absolute atomic E-state index is 5.99. The summed E-state index contributed by atoms with van der Waals surface area (Å²) in [7, 11) is 0. The third kappa shape index (κ3) is 5.51. The molecule has 4 heteroatoms. The molecule has 98 valence electrons. The molecule has 1 rings (SSSR count). The fourth-order valence-corrected chi connectivity index (χ4v) is 3.28. The van der Waals surface area contributed by atoms with Crippen LogP contribution in [-0.2, 0) is 4.74 Å². The fraction of sp³-hybridized carbons (Fsp3) is 0.692. The second-order valence-corrected chi connectivity index (χ2v) is 6.71. The van der Waals surface area contributed by atoms with Gasteiger partial charge in [0.1, 0.15) is 6.10 Å². The Hall–Kier alpha value is 0.1000. The standard InChI is InChI=1S/C13H22BrNOS/c1-9(2)5-4-6-16-13(10(3)15)12-7-11(14)8-17-12/h7-10,13H,4-6,15H2,1-3H3. The van der Waals surface area contributed by atoms with Crippen molar-refractivity contribution in [2.24, 2.45) is 11.7 Å². The van der Waals surface area contributed by atoms with Crippen molar-refractivity contribution in [1.29, 1.82) is 0 Å². The number of hydrogen-bond donors (Lipinski definition) is 1.